The molecule has 0 spiro atoms. The van der Waals surface area contributed by atoms with Crippen molar-refractivity contribution < 1.29 is 9.18 Å². The molecule has 4 rings (SSSR count). The van der Waals surface area contributed by atoms with Crippen molar-refractivity contribution >= 4 is 11.9 Å². The average Bonchev–Trinajstić information content (AvgIpc) is 3.30. The van der Waals surface area contributed by atoms with Gasteiger partial charge in [0.15, 0.2) is 5.96 Å². The van der Waals surface area contributed by atoms with E-state index in [1.807, 2.05) is 6.92 Å². The number of pyridine rings is 1. The van der Waals surface area contributed by atoms with Crippen LogP contribution in [0.3, 0.4) is 0 Å². The van der Waals surface area contributed by atoms with E-state index < -0.39 is 5.95 Å². The number of hydrogen-bond donors (Lipinski definition) is 4. The Labute approximate surface area is 186 Å². The Balaban J connectivity index is 1.45. The Morgan fingerprint density at radius 3 is 2.75 bits per heavy atom. The van der Waals surface area contributed by atoms with Gasteiger partial charge < -0.3 is 16.0 Å². The number of amides is 1. The summed E-state index contributed by atoms with van der Waals surface area (Å²) < 4.78 is 13.5. The van der Waals surface area contributed by atoms with Gasteiger partial charge in [0, 0.05) is 49.3 Å². The lowest BCUT2D eigenvalue weighted by molar-refractivity contribution is -0.124. The SMILES string of the molecule is Cc1ncc(CNC(=O)C2CC(CNC3=NCCN3)CC(c3ccc(F)nc3C)N2)cn1. The number of aromatic nitrogens is 3. The topological polar surface area (TPSA) is 116 Å². The summed E-state index contributed by atoms with van der Waals surface area (Å²) in [5.41, 5.74) is 2.39. The average molecular weight is 441 g/mol. The predicted octanol–water partition coefficient (Wildman–Crippen LogP) is 0.902. The molecule has 0 radical (unpaired) electrons. The summed E-state index contributed by atoms with van der Waals surface area (Å²) in [6.07, 6.45) is 4.93. The molecule has 32 heavy (non-hydrogen) atoms. The molecule has 0 saturated carbocycles. The number of piperidine rings is 1. The van der Waals surface area contributed by atoms with E-state index in [0.717, 1.165) is 36.6 Å². The maximum atomic E-state index is 13.5. The summed E-state index contributed by atoms with van der Waals surface area (Å²) in [7, 11) is 0. The molecule has 3 unspecified atom stereocenters. The number of aliphatic imine (C=N–C) groups is 1. The van der Waals surface area contributed by atoms with Crippen molar-refractivity contribution in [3.63, 3.8) is 0 Å². The number of hydrogen-bond acceptors (Lipinski definition) is 8. The molecule has 10 heteroatoms. The molecule has 170 valence electrons. The molecule has 0 bridgehead atoms. The number of nitrogens with zero attached hydrogens (tertiary/aromatic N) is 4. The molecular weight excluding hydrogens is 411 g/mol. The quantitative estimate of drug-likeness (QED) is 0.493. The molecule has 1 saturated heterocycles. The van der Waals surface area contributed by atoms with Gasteiger partial charge >= 0.3 is 0 Å². The lowest BCUT2D eigenvalue weighted by Crippen LogP contribution is -2.51. The second-order valence-electron chi connectivity index (χ2n) is 8.31. The Bertz CT molecular complexity index is 980. The molecule has 1 fully saturated rings. The standard InChI is InChI=1S/C22H29FN8O/c1-13-17(3-4-20(23)30-13)18-7-15(9-29-22-24-5-6-25-22)8-19(31-18)21(32)28-12-16-10-26-14(2)27-11-16/h3-4,10-11,15,18-19,31H,5-9,12H2,1-2H3,(H,28,32)(H2,24,25,29). The van der Waals surface area contributed by atoms with Crippen molar-refractivity contribution in [3.8, 4) is 0 Å². The number of carbonyl (C=O) groups excluding carboxylic acids is 1. The predicted molar refractivity (Wildman–Crippen MR) is 118 cm³/mol. The van der Waals surface area contributed by atoms with Gasteiger partial charge in [-0.3, -0.25) is 15.1 Å². The first-order valence-corrected chi connectivity index (χ1v) is 10.9. The van der Waals surface area contributed by atoms with Gasteiger partial charge in [0.1, 0.15) is 5.82 Å². The molecular formula is C22H29FN8O. The Morgan fingerprint density at radius 1 is 1.22 bits per heavy atom. The van der Waals surface area contributed by atoms with Crippen LogP contribution in [0.2, 0.25) is 0 Å². The summed E-state index contributed by atoms with van der Waals surface area (Å²) in [5, 5.41) is 13.0. The Morgan fingerprint density at radius 2 is 2.03 bits per heavy atom. The van der Waals surface area contributed by atoms with E-state index in [4.69, 9.17) is 0 Å². The fraction of sp³-hybridized carbons (Fsp3) is 0.500. The molecule has 4 N–H and O–H groups in total. The monoisotopic (exact) mass is 440 g/mol. The molecule has 1 amide bonds. The summed E-state index contributed by atoms with van der Waals surface area (Å²) in [6, 6.07) is 2.65. The van der Waals surface area contributed by atoms with E-state index in [9.17, 15) is 9.18 Å². The molecule has 9 nitrogen and oxygen atoms in total. The summed E-state index contributed by atoms with van der Waals surface area (Å²) >= 11 is 0. The molecule has 4 heterocycles. The first-order chi connectivity index (χ1) is 15.5. The van der Waals surface area contributed by atoms with Gasteiger partial charge in [-0.2, -0.15) is 4.39 Å². The number of rotatable bonds is 6. The molecule has 2 aliphatic heterocycles. The number of guanidine groups is 1. The van der Waals surface area contributed by atoms with Crippen LogP contribution in [0, 0.1) is 25.7 Å². The van der Waals surface area contributed by atoms with E-state index in [2.05, 4.69) is 41.2 Å². The minimum atomic E-state index is -0.500. The van der Waals surface area contributed by atoms with Gasteiger partial charge in [-0.05, 0) is 44.2 Å². The van der Waals surface area contributed by atoms with Crippen molar-refractivity contribution in [2.45, 2.75) is 45.3 Å². The van der Waals surface area contributed by atoms with Gasteiger partial charge in [0.25, 0.3) is 0 Å². The molecule has 2 aliphatic rings. The molecule has 3 atom stereocenters. The molecule has 2 aromatic rings. The minimum Gasteiger partial charge on any atom is -0.356 e. The van der Waals surface area contributed by atoms with Crippen LogP contribution in [0.1, 0.15) is 41.5 Å². The van der Waals surface area contributed by atoms with E-state index in [1.54, 1.807) is 25.4 Å². The second-order valence-corrected chi connectivity index (χ2v) is 8.31. The summed E-state index contributed by atoms with van der Waals surface area (Å²) in [6.45, 7) is 6.29. The van der Waals surface area contributed by atoms with Gasteiger partial charge in [-0.15, -0.1) is 0 Å². The van der Waals surface area contributed by atoms with Crippen molar-refractivity contribution in [1.29, 1.82) is 0 Å². The minimum absolute atomic E-state index is 0.0793. The normalized spacial score (nSPS) is 22.7. The molecule has 0 aromatic carbocycles. The summed E-state index contributed by atoms with van der Waals surface area (Å²) in [4.78, 5) is 29.7. The van der Waals surface area contributed by atoms with Crippen molar-refractivity contribution in [2.24, 2.45) is 10.9 Å². The number of carbonyl (C=O) groups is 1. The van der Waals surface area contributed by atoms with E-state index >= 15 is 0 Å². The third-order valence-corrected chi connectivity index (χ3v) is 5.86. The van der Waals surface area contributed by atoms with Crippen LogP contribution in [0.5, 0.6) is 0 Å². The number of nitrogens with one attached hydrogen (secondary N) is 4. The maximum absolute atomic E-state index is 13.5. The Kier molecular flexibility index (Phi) is 6.89. The first-order valence-electron chi connectivity index (χ1n) is 10.9. The van der Waals surface area contributed by atoms with Crippen molar-refractivity contribution in [1.82, 2.24) is 36.2 Å². The van der Waals surface area contributed by atoms with Crippen molar-refractivity contribution in [2.75, 3.05) is 19.6 Å². The van der Waals surface area contributed by atoms with Crippen LogP contribution >= 0.6 is 0 Å². The maximum Gasteiger partial charge on any atom is 0.237 e. The third kappa shape index (κ3) is 5.56. The van der Waals surface area contributed by atoms with Crippen molar-refractivity contribution in [3.05, 3.63) is 53.1 Å². The Hall–Kier alpha value is -3.14. The van der Waals surface area contributed by atoms with Gasteiger partial charge in [0.05, 0.1) is 12.6 Å². The van der Waals surface area contributed by atoms with Crippen LogP contribution in [0.4, 0.5) is 4.39 Å². The second kappa shape index (κ2) is 9.99. The van der Waals surface area contributed by atoms with Crippen LogP contribution in [-0.4, -0.2) is 52.5 Å². The highest BCUT2D eigenvalue weighted by molar-refractivity contribution is 5.82. The van der Waals surface area contributed by atoms with Crippen LogP contribution in [-0.2, 0) is 11.3 Å². The zero-order valence-corrected chi connectivity index (χ0v) is 18.4. The lowest BCUT2D eigenvalue weighted by atomic mass is 9.84. The number of aryl methyl sites for hydroxylation is 2. The zero-order valence-electron chi connectivity index (χ0n) is 18.4. The highest BCUT2D eigenvalue weighted by Gasteiger charge is 2.34. The largest absolute Gasteiger partial charge is 0.356 e. The fourth-order valence-corrected chi connectivity index (χ4v) is 4.20. The smallest absolute Gasteiger partial charge is 0.237 e. The van der Waals surface area contributed by atoms with E-state index in [1.165, 1.54) is 6.07 Å². The van der Waals surface area contributed by atoms with Crippen LogP contribution in [0.25, 0.3) is 0 Å². The zero-order chi connectivity index (χ0) is 22.5. The van der Waals surface area contributed by atoms with Gasteiger partial charge in [-0.1, -0.05) is 6.07 Å². The highest BCUT2D eigenvalue weighted by Crippen LogP contribution is 2.31. The van der Waals surface area contributed by atoms with Crippen LogP contribution in [0.15, 0.2) is 29.5 Å². The first kappa shape index (κ1) is 22.1. The third-order valence-electron chi connectivity index (χ3n) is 5.86. The molecule has 2 aromatic heterocycles. The van der Waals surface area contributed by atoms with Gasteiger partial charge in [0.2, 0.25) is 11.9 Å². The van der Waals surface area contributed by atoms with Gasteiger partial charge in [-0.25, -0.2) is 15.0 Å². The number of halogens is 1. The van der Waals surface area contributed by atoms with E-state index in [-0.39, 0.29) is 23.9 Å². The highest BCUT2D eigenvalue weighted by atomic mass is 19.1. The van der Waals surface area contributed by atoms with E-state index in [0.29, 0.717) is 31.0 Å². The van der Waals surface area contributed by atoms with Crippen LogP contribution < -0.4 is 21.3 Å². The summed E-state index contributed by atoms with van der Waals surface area (Å²) in [5.74, 6) is 1.15. The lowest BCUT2D eigenvalue weighted by Gasteiger charge is -2.36. The molecule has 0 aliphatic carbocycles. The fourth-order valence-electron chi connectivity index (χ4n) is 4.20.